The molecule has 0 aliphatic rings. The molecule has 2 rings (SSSR count). The Morgan fingerprint density at radius 2 is 2.00 bits per heavy atom. The highest BCUT2D eigenvalue weighted by Crippen LogP contribution is 2.26. The first-order valence-corrected chi connectivity index (χ1v) is 9.04. The highest BCUT2D eigenvalue weighted by Gasteiger charge is 2.12. The van der Waals surface area contributed by atoms with Crippen molar-refractivity contribution in [2.24, 2.45) is 10.7 Å². The Morgan fingerprint density at radius 1 is 1.23 bits per heavy atom. The number of rotatable bonds is 6. The highest BCUT2D eigenvalue weighted by molar-refractivity contribution is 6.35. The number of primary amides is 1. The van der Waals surface area contributed by atoms with Crippen LogP contribution in [-0.4, -0.2) is 18.4 Å². The molecular weight excluding hydrogens is 371 g/mol. The Kier molecular flexibility index (Phi) is 7.30. The van der Waals surface area contributed by atoms with Crippen LogP contribution in [0.2, 0.25) is 10.0 Å². The zero-order chi connectivity index (χ0) is 19.1. The van der Waals surface area contributed by atoms with E-state index < -0.39 is 5.91 Å². The van der Waals surface area contributed by atoms with Gasteiger partial charge in [-0.2, -0.15) is 0 Å². The minimum absolute atomic E-state index is 0.0606. The van der Waals surface area contributed by atoms with Crippen LogP contribution in [0.25, 0.3) is 0 Å². The molecule has 0 saturated carbocycles. The van der Waals surface area contributed by atoms with Crippen LogP contribution in [0.3, 0.4) is 0 Å². The Hall–Kier alpha value is -2.24. The molecule has 0 aromatic heterocycles. The number of amides is 1. The minimum Gasteiger partial charge on any atom is -0.366 e. The van der Waals surface area contributed by atoms with E-state index in [2.05, 4.69) is 15.6 Å². The molecule has 0 bridgehead atoms. The molecule has 5 nitrogen and oxygen atoms in total. The van der Waals surface area contributed by atoms with Gasteiger partial charge < -0.3 is 16.4 Å². The van der Waals surface area contributed by atoms with Crippen molar-refractivity contribution in [2.45, 2.75) is 26.4 Å². The summed E-state index contributed by atoms with van der Waals surface area (Å²) in [6, 6.07) is 12.5. The maximum Gasteiger partial charge on any atom is 0.248 e. The quantitative estimate of drug-likeness (QED) is 0.514. The molecule has 7 heteroatoms. The summed E-state index contributed by atoms with van der Waals surface area (Å²) in [6.45, 7) is 5.12. The van der Waals surface area contributed by atoms with Gasteiger partial charge in [-0.05, 0) is 49.2 Å². The maximum atomic E-state index is 11.3. The van der Waals surface area contributed by atoms with Gasteiger partial charge in [0.15, 0.2) is 5.96 Å². The van der Waals surface area contributed by atoms with E-state index in [0.29, 0.717) is 34.7 Å². The molecular formula is C19H22Cl2N4O. The summed E-state index contributed by atoms with van der Waals surface area (Å²) in [7, 11) is 0. The van der Waals surface area contributed by atoms with Crippen molar-refractivity contribution in [1.82, 2.24) is 10.6 Å². The van der Waals surface area contributed by atoms with Crippen LogP contribution in [0.1, 0.15) is 41.4 Å². The van der Waals surface area contributed by atoms with Gasteiger partial charge in [-0.15, -0.1) is 0 Å². The Labute approximate surface area is 163 Å². The van der Waals surface area contributed by atoms with Crippen LogP contribution >= 0.6 is 23.2 Å². The van der Waals surface area contributed by atoms with E-state index in [1.807, 2.05) is 26.0 Å². The molecule has 0 saturated heterocycles. The zero-order valence-corrected chi connectivity index (χ0v) is 16.2. The summed E-state index contributed by atoms with van der Waals surface area (Å²) in [5.74, 6) is 0.197. The molecule has 1 atom stereocenters. The van der Waals surface area contributed by atoms with Crippen LogP contribution in [-0.2, 0) is 6.54 Å². The second kappa shape index (κ2) is 9.46. The lowest BCUT2D eigenvalue weighted by Crippen LogP contribution is -2.38. The fourth-order valence-corrected chi connectivity index (χ4v) is 3.02. The summed E-state index contributed by atoms with van der Waals surface area (Å²) < 4.78 is 0. The van der Waals surface area contributed by atoms with Crippen LogP contribution in [0, 0.1) is 0 Å². The molecule has 1 unspecified atom stereocenters. The summed E-state index contributed by atoms with van der Waals surface area (Å²) in [4.78, 5) is 15.9. The predicted molar refractivity (Wildman–Crippen MR) is 108 cm³/mol. The molecule has 26 heavy (non-hydrogen) atoms. The van der Waals surface area contributed by atoms with Crippen molar-refractivity contribution in [1.29, 1.82) is 0 Å². The highest BCUT2D eigenvalue weighted by atomic mass is 35.5. The molecule has 0 radical (unpaired) electrons. The SMILES string of the molecule is CCNC(=NCc1cccc(C(N)=O)c1)NC(C)c1ccc(Cl)cc1Cl. The average molecular weight is 393 g/mol. The Balaban J connectivity index is 2.13. The van der Waals surface area contributed by atoms with Gasteiger partial charge in [0.25, 0.3) is 0 Å². The number of nitrogens with two attached hydrogens (primary N) is 1. The third kappa shape index (κ3) is 5.64. The lowest BCUT2D eigenvalue weighted by molar-refractivity contribution is 0.1000. The molecule has 2 aromatic rings. The van der Waals surface area contributed by atoms with Gasteiger partial charge in [0.1, 0.15) is 0 Å². The first kappa shape index (κ1) is 20.1. The Morgan fingerprint density at radius 3 is 2.65 bits per heavy atom. The number of halogens is 2. The van der Waals surface area contributed by atoms with E-state index in [-0.39, 0.29) is 6.04 Å². The fourth-order valence-electron chi connectivity index (χ4n) is 2.45. The minimum atomic E-state index is -0.452. The Bertz CT molecular complexity index is 808. The van der Waals surface area contributed by atoms with Crippen molar-refractivity contribution in [2.75, 3.05) is 6.54 Å². The normalized spacial score (nSPS) is 12.5. The standard InChI is InChI=1S/C19H22Cl2N4O/c1-3-23-19(24-11-13-5-4-6-14(9-13)18(22)26)25-12(2)16-8-7-15(20)10-17(16)21/h4-10,12H,3,11H2,1-2H3,(H2,22,26)(H2,23,24,25). The molecule has 0 fully saturated rings. The number of nitrogens with one attached hydrogen (secondary N) is 2. The molecule has 138 valence electrons. The summed E-state index contributed by atoms with van der Waals surface area (Å²) in [6.07, 6.45) is 0. The number of carbonyl (C=O) groups is 1. The van der Waals surface area contributed by atoms with Crippen molar-refractivity contribution in [3.63, 3.8) is 0 Å². The third-order valence-corrected chi connectivity index (χ3v) is 4.32. The van der Waals surface area contributed by atoms with Gasteiger partial charge >= 0.3 is 0 Å². The van der Waals surface area contributed by atoms with Crippen molar-refractivity contribution in [3.8, 4) is 0 Å². The molecule has 1 amide bonds. The van der Waals surface area contributed by atoms with E-state index in [1.165, 1.54) is 0 Å². The van der Waals surface area contributed by atoms with Gasteiger partial charge in [-0.1, -0.05) is 41.4 Å². The first-order chi connectivity index (χ1) is 12.4. The van der Waals surface area contributed by atoms with Crippen LogP contribution in [0.5, 0.6) is 0 Å². The topological polar surface area (TPSA) is 79.5 Å². The number of nitrogens with zero attached hydrogens (tertiary/aromatic N) is 1. The van der Waals surface area contributed by atoms with Gasteiger partial charge in [0.2, 0.25) is 5.91 Å². The largest absolute Gasteiger partial charge is 0.366 e. The second-order valence-electron chi connectivity index (χ2n) is 5.79. The molecule has 0 spiro atoms. The molecule has 4 N–H and O–H groups in total. The summed E-state index contributed by atoms with van der Waals surface area (Å²) in [5, 5.41) is 7.72. The fraction of sp³-hybridized carbons (Fsp3) is 0.263. The smallest absolute Gasteiger partial charge is 0.248 e. The maximum absolute atomic E-state index is 11.3. The van der Waals surface area contributed by atoms with E-state index in [0.717, 1.165) is 11.1 Å². The zero-order valence-electron chi connectivity index (χ0n) is 14.7. The molecule has 0 heterocycles. The number of guanidine groups is 1. The lowest BCUT2D eigenvalue weighted by atomic mass is 10.1. The third-order valence-electron chi connectivity index (χ3n) is 3.76. The molecule has 0 aliphatic heterocycles. The van der Waals surface area contributed by atoms with Crippen molar-refractivity contribution in [3.05, 3.63) is 69.2 Å². The van der Waals surface area contributed by atoms with E-state index in [9.17, 15) is 4.79 Å². The van der Waals surface area contributed by atoms with Gasteiger partial charge in [-0.25, -0.2) is 4.99 Å². The molecule has 2 aromatic carbocycles. The van der Waals surface area contributed by atoms with Crippen LogP contribution in [0.4, 0.5) is 0 Å². The number of hydrogen-bond acceptors (Lipinski definition) is 2. The number of hydrogen-bond donors (Lipinski definition) is 3. The second-order valence-corrected chi connectivity index (χ2v) is 6.64. The first-order valence-electron chi connectivity index (χ1n) is 8.29. The van der Waals surface area contributed by atoms with Gasteiger partial charge in [-0.3, -0.25) is 4.79 Å². The van der Waals surface area contributed by atoms with E-state index >= 15 is 0 Å². The predicted octanol–water partition coefficient (Wildman–Crippen LogP) is 3.91. The summed E-state index contributed by atoms with van der Waals surface area (Å²) in [5.41, 5.74) is 7.62. The van der Waals surface area contributed by atoms with Gasteiger partial charge in [0, 0.05) is 22.2 Å². The number of aliphatic imine (C=N–C) groups is 1. The molecule has 0 aliphatic carbocycles. The number of benzene rings is 2. The van der Waals surface area contributed by atoms with Gasteiger partial charge in [0.05, 0.1) is 12.6 Å². The lowest BCUT2D eigenvalue weighted by Gasteiger charge is -2.19. The monoisotopic (exact) mass is 392 g/mol. The van der Waals surface area contributed by atoms with Crippen molar-refractivity contribution >= 4 is 35.1 Å². The van der Waals surface area contributed by atoms with E-state index in [4.69, 9.17) is 28.9 Å². The van der Waals surface area contributed by atoms with Crippen LogP contribution < -0.4 is 16.4 Å². The average Bonchev–Trinajstić information content (AvgIpc) is 2.60. The van der Waals surface area contributed by atoms with E-state index in [1.54, 1.807) is 30.3 Å². The number of carbonyl (C=O) groups excluding carboxylic acids is 1. The summed E-state index contributed by atoms with van der Waals surface area (Å²) >= 11 is 12.2. The van der Waals surface area contributed by atoms with Crippen LogP contribution in [0.15, 0.2) is 47.5 Å². The van der Waals surface area contributed by atoms with Crippen molar-refractivity contribution < 1.29 is 4.79 Å².